The number of hydrogen-bond acceptors (Lipinski definition) is 5. The maximum Gasteiger partial charge on any atom is 0.226 e. The summed E-state index contributed by atoms with van der Waals surface area (Å²) >= 11 is 0. The average Bonchev–Trinajstić information content (AvgIpc) is 3.26. The lowest BCUT2D eigenvalue weighted by molar-refractivity contribution is -0.126. The lowest BCUT2D eigenvalue weighted by Gasteiger charge is -2.33. The number of methoxy groups -OCH3 is 1. The number of hydrogen-bond donors (Lipinski definition) is 3. The summed E-state index contributed by atoms with van der Waals surface area (Å²) < 4.78 is 5.33. The molecule has 2 atom stereocenters. The molecular weight excluding hydrogens is 364 g/mol. The van der Waals surface area contributed by atoms with Crippen LogP contribution in [0.4, 0.5) is 0 Å². The molecule has 0 radical (unpaired) electrons. The molecule has 154 valence electrons. The fourth-order valence-corrected chi connectivity index (χ4v) is 4.28. The Bertz CT molecular complexity index is 806. The molecule has 2 heterocycles. The average molecular weight is 395 g/mol. The van der Waals surface area contributed by atoms with Crippen molar-refractivity contribution in [1.82, 2.24) is 21.1 Å². The molecule has 2 aromatic carbocycles. The van der Waals surface area contributed by atoms with Crippen LogP contribution in [-0.2, 0) is 11.3 Å². The van der Waals surface area contributed by atoms with E-state index >= 15 is 0 Å². The summed E-state index contributed by atoms with van der Waals surface area (Å²) in [6, 6.07) is 18.7. The van der Waals surface area contributed by atoms with Gasteiger partial charge in [0.05, 0.1) is 19.1 Å². The second kappa shape index (κ2) is 9.39. The van der Waals surface area contributed by atoms with E-state index in [0.717, 1.165) is 43.8 Å². The molecule has 2 aliphatic rings. The summed E-state index contributed by atoms with van der Waals surface area (Å²) in [6.07, 6.45) is 1.99. The Morgan fingerprint density at radius 2 is 1.93 bits per heavy atom. The molecule has 6 heteroatoms. The Balaban J connectivity index is 1.30. The van der Waals surface area contributed by atoms with Crippen molar-refractivity contribution in [3.63, 3.8) is 0 Å². The molecule has 2 saturated heterocycles. The molecule has 0 aliphatic carbocycles. The molecule has 29 heavy (non-hydrogen) atoms. The van der Waals surface area contributed by atoms with Crippen LogP contribution in [0.15, 0.2) is 54.6 Å². The number of piperidine rings is 1. The summed E-state index contributed by atoms with van der Waals surface area (Å²) in [4.78, 5) is 15.5. The number of nitrogens with zero attached hydrogens (tertiary/aromatic N) is 1. The van der Waals surface area contributed by atoms with Crippen LogP contribution in [0, 0.1) is 5.92 Å². The van der Waals surface area contributed by atoms with Crippen molar-refractivity contribution in [2.45, 2.75) is 31.5 Å². The molecule has 1 amide bonds. The standard InChI is InChI=1S/C23H30N4O2/c1-29-20-9-5-8-18(14-20)22-21(15-24-26-22)23(28)25-19-10-12-27(13-11-19)16-17-6-3-2-4-7-17/h2-9,14,19,21-22,24,26H,10-13,15-16H2,1H3,(H,25,28). The Labute approximate surface area is 172 Å². The largest absolute Gasteiger partial charge is 0.497 e. The first-order chi connectivity index (χ1) is 14.2. The van der Waals surface area contributed by atoms with Gasteiger partial charge >= 0.3 is 0 Å². The van der Waals surface area contributed by atoms with Crippen molar-refractivity contribution < 1.29 is 9.53 Å². The fourth-order valence-electron chi connectivity index (χ4n) is 4.28. The minimum atomic E-state index is -0.135. The van der Waals surface area contributed by atoms with Crippen LogP contribution in [0.2, 0.25) is 0 Å². The number of carbonyl (C=O) groups excluding carboxylic acids is 1. The monoisotopic (exact) mass is 394 g/mol. The summed E-state index contributed by atoms with van der Waals surface area (Å²) in [6.45, 7) is 3.64. The zero-order valence-electron chi connectivity index (χ0n) is 16.9. The molecule has 0 saturated carbocycles. The van der Waals surface area contributed by atoms with Gasteiger partial charge in [-0.05, 0) is 36.1 Å². The van der Waals surface area contributed by atoms with E-state index in [2.05, 4.69) is 51.4 Å². The first-order valence-corrected chi connectivity index (χ1v) is 10.4. The van der Waals surface area contributed by atoms with Gasteiger partial charge in [0.15, 0.2) is 0 Å². The number of ether oxygens (including phenoxy) is 1. The summed E-state index contributed by atoms with van der Waals surface area (Å²) in [5.74, 6) is 0.794. The van der Waals surface area contributed by atoms with Crippen LogP contribution in [0.1, 0.15) is 30.0 Å². The summed E-state index contributed by atoms with van der Waals surface area (Å²) in [5, 5.41) is 3.30. The van der Waals surface area contributed by atoms with Crippen LogP contribution in [-0.4, -0.2) is 43.6 Å². The molecule has 2 aromatic rings. The number of benzene rings is 2. The summed E-state index contributed by atoms with van der Waals surface area (Å²) in [7, 11) is 1.66. The highest BCUT2D eigenvalue weighted by Crippen LogP contribution is 2.28. The minimum Gasteiger partial charge on any atom is -0.497 e. The smallest absolute Gasteiger partial charge is 0.226 e. The molecule has 2 fully saturated rings. The fraction of sp³-hybridized carbons (Fsp3) is 0.435. The lowest BCUT2D eigenvalue weighted by Crippen LogP contribution is -2.47. The topological polar surface area (TPSA) is 65.6 Å². The van der Waals surface area contributed by atoms with Gasteiger partial charge in [-0.25, -0.2) is 5.43 Å². The zero-order valence-corrected chi connectivity index (χ0v) is 16.9. The molecular formula is C23H30N4O2. The minimum absolute atomic E-state index is 0.0525. The zero-order chi connectivity index (χ0) is 20.1. The molecule has 4 rings (SSSR count). The number of carbonyl (C=O) groups is 1. The van der Waals surface area contributed by atoms with Crippen molar-refractivity contribution in [2.24, 2.45) is 5.92 Å². The van der Waals surface area contributed by atoms with Crippen LogP contribution in [0.5, 0.6) is 5.75 Å². The highest BCUT2D eigenvalue weighted by atomic mass is 16.5. The number of amides is 1. The van der Waals surface area contributed by atoms with E-state index in [4.69, 9.17) is 4.74 Å². The first-order valence-electron chi connectivity index (χ1n) is 10.4. The van der Waals surface area contributed by atoms with Crippen LogP contribution >= 0.6 is 0 Å². The maximum absolute atomic E-state index is 13.0. The molecule has 6 nitrogen and oxygen atoms in total. The summed E-state index contributed by atoms with van der Waals surface area (Å²) in [5.41, 5.74) is 8.81. The lowest BCUT2D eigenvalue weighted by atomic mass is 9.93. The van der Waals surface area contributed by atoms with E-state index in [1.165, 1.54) is 5.56 Å². The van der Waals surface area contributed by atoms with Gasteiger partial charge in [0.25, 0.3) is 0 Å². The van der Waals surface area contributed by atoms with Crippen molar-refractivity contribution in [1.29, 1.82) is 0 Å². The third-order valence-corrected chi connectivity index (χ3v) is 5.95. The molecule has 0 aromatic heterocycles. The van der Waals surface area contributed by atoms with Gasteiger partial charge in [-0.15, -0.1) is 0 Å². The first kappa shape index (κ1) is 19.9. The van der Waals surface area contributed by atoms with Gasteiger partial charge < -0.3 is 10.1 Å². The van der Waals surface area contributed by atoms with Gasteiger partial charge in [-0.1, -0.05) is 42.5 Å². The van der Waals surface area contributed by atoms with Crippen molar-refractivity contribution in [2.75, 3.05) is 26.7 Å². The molecule has 3 N–H and O–H groups in total. The Morgan fingerprint density at radius 1 is 1.14 bits per heavy atom. The highest BCUT2D eigenvalue weighted by molar-refractivity contribution is 5.80. The van der Waals surface area contributed by atoms with Gasteiger partial charge in [-0.2, -0.15) is 0 Å². The van der Waals surface area contributed by atoms with Crippen LogP contribution < -0.4 is 20.9 Å². The van der Waals surface area contributed by atoms with Crippen LogP contribution in [0.25, 0.3) is 0 Å². The van der Waals surface area contributed by atoms with Crippen molar-refractivity contribution >= 4 is 5.91 Å². The number of hydrazine groups is 1. The molecule has 2 unspecified atom stereocenters. The van der Waals surface area contributed by atoms with E-state index in [1.807, 2.05) is 24.3 Å². The Hall–Kier alpha value is -2.41. The maximum atomic E-state index is 13.0. The number of likely N-dealkylation sites (tertiary alicyclic amines) is 1. The van der Waals surface area contributed by atoms with Crippen molar-refractivity contribution in [3.05, 3.63) is 65.7 Å². The van der Waals surface area contributed by atoms with Gasteiger partial charge in [0.2, 0.25) is 5.91 Å². The SMILES string of the molecule is COc1cccc(C2NNCC2C(=O)NC2CCN(Cc3ccccc3)CC2)c1. The second-order valence-electron chi connectivity index (χ2n) is 7.93. The number of rotatable bonds is 6. The predicted molar refractivity (Wildman–Crippen MR) is 113 cm³/mol. The molecule has 2 aliphatic heterocycles. The molecule has 0 bridgehead atoms. The van der Waals surface area contributed by atoms with E-state index in [1.54, 1.807) is 7.11 Å². The Kier molecular flexibility index (Phi) is 6.44. The van der Waals surface area contributed by atoms with Crippen LogP contribution in [0.3, 0.4) is 0 Å². The van der Waals surface area contributed by atoms with Gasteiger partial charge in [-0.3, -0.25) is 15.1 Å². The predicted octanol–water partition coefficient (Wildman–Crippen LogP) is 2.24. The third kappa shape index (κ3) is 4.96. The quantitative estimate of drug-likeness (QED) is 0.701. The molecule has 0 spiro atoms. The Morgan fingerprint density at radius 3 is 2.69 bits per heavy atom. The normalized spacial score (nSPS) is 23.1. The van der Waals surface area contributed by atoms with E-state index in [0.29, 0.717) is 6.54 Å². The second-order valence-corrected chi connectivity index (χ2v) is 7.93. The van der Waals surface area contributed by atoms with Crippen molar-refractivity contribution in [3.8, 4) is 5.75 Å². The van der Waals surface area contributed by atoms with E-state index in [-0.39, 0.29) is 23.9 Å². The van der Waals surface area contributed by atoms with E-state index < -0.39 is 0 Å². The highest BCUT2D eigenvalue weighted by Gasteiger charge is 2.35. The van der Waals surface area contributed by atoms with E-state index in [9.17, 15) is 4.79 Å². The van der Waals surface area contributed by atoms with Gasteiger partial charge in [0, 0.05) is 32.2 Å². The third-order valence-electron chi connectivity index (χ3n) is 5.95. The number of nitrogens with one attached hydrogen (secondary N) is 3. The van der Waals surface area contributed by atoms with Gasteiger partial charge in [0.1, 0.15) is 5.75 Å².